The van der Waals surface area contributed by atoms with E-state index in [0.29, 0.717) is 58.1 Å². The molecule has 0 bridgehead atoms. The molecule has 120 valence electrons. The van der Waals surface area contributed by atoms with Crippen LogP contribution >= 0.6 is 0 Å². The molecule has 1 atom stereocenters. The van der Waals surface area contributed by atoms with Crippen LogP contribution in [0.15, 0.2) is 24.3 Å². The molecule has 1 aromatic rings. The van der Waals surface area contributed by atoms with E-state index in [2.05, 4.69) is 4.90 Å². The monoisotopic (exact) mass is 308 g/mol. The second-order valence-corrected chi connectivity index (χ2v) is 5.62. The zero-order chi connectivity index (χ0) is 15.4. The maximum Gasteiger partial charge on any atom is 0.253 e. The molecule has 0 N–H and O–H groups in total. The molecule has 0 aromatic heterocycles. The van der Waals surface area contributed by atoms with Gasteiger partial charge in [-0.05, 0) is 6.07 Å². The van der Waals surface area contributed by atoms with Crippen molar-refractivity contribution in [3.63, 3.8) is 0 Å². The highest BCUT2D eigenvalue weighted by atomic mass is 19.1. The summed E-state index contributed by atoms with van der Waals surface area (Å²) in [6.45, 7) is 4.61. The summed E-state index contributed by atoms with van der Waals surface area (Å²) in [6, 6.07) is 6.76. The van der Waals surface area contributed by atoms with Crippen LogP contribution in [0, 0.1) is 5.82 Å². The first-order valence-electron chi connectivity index (χ1n) is 7.68. The van der Waals surface area contributed by atoms with E-state index >= 15 is 0 Å². The van der Waals surface area contributed by atoms with E-state index in [-0.39, 0.29) is 11.7 Å². The Morgan fingerprint density at radius 1 is 1.18 bits per heavy atom. The number of amides is 1. The Labute approximate surface area is 129 Å². The first-order valence-corrected chi connectivity index (χ1v) is 7.68. The topological polar surface area (TPSA) is 42.0 Å². The van der Waals surface area contributed by atoms with Crippen LogP contribution in [0.25, 0.3) is 0 Å². The van der Waals surface area contributed by atoms with Crippen LogP contribution in [0.5, 0.6) is 0 Å². The van der Waals surface area contributed by atoms with Crippen LogP contribution in [0.4, 0.5) is 4.39 Å². The number of hydrogen-bond donors (Lipinski definition) is 0. The van der Waals surface area contributed by atoms with E-state index in [0.717, 1.165) is 0 Å². The number of halogens is 1. The summed E-state index contributed by atoms with van der Waals surface area (Å²) in [5.41, 5.74) is 0.655. The Kier molecular flexibility index (Phi) is 5.02. The number of rotatable bonds is 3. The highest BCUT2D eigenvalue weighted by Gasteiger charge is 2.31. The van der Waals surface area contributed by atoms with E-state index in [1.807, 2.05) is 6.07 Å². The maximum atomic E-state index is 13.7. The number of carbonyl (C=O) groups is 1. The van der Waals surface area contributed by atoms with E-state index in [1.54, 1.807) is 17.0 Å². The summed E-state index contributed by atoms with van der Waals surface area (Å²) >= 11 is 0. The van der Waals surface area contributed by atoms with Gasteiger partial charge in [-0.15, -0.1) is 0 Å². The van der Waals surface area contributed by atoms with Gasteiger partial charge in [0.15, 0.2) is 0 Å². The summed E-state index contributed by atoms with van der Waals surface area (Å²) in [7, 11) is 0. The molecule has 2 aliphatic rings. The third-order valence-corrected chi connectivity index (χ3v) is 4.10. The molecule has 2 aliphatic heterocycles. The first kappa shape index (κ1) is 15.4. The molecule has 2 heterocycles. The van der Waals surface area contributed by atoms with Gasteiger partial charge in [-0.3, -0.25) is 9.69 Å². The quantitative estimate of drug-likeness (QED) is 0.831. The van der Waals surface area contributed by atoms with Crippen molar-refractivity contribution in [1.29, 1.82) is 0 Å². The Bertz CT molecular complexity index is 520. The van der Waals surface area contributed by atoms with Crippen molar-refractivity contribution in [2.75, 3.05) is 46.0 Å². The zero-order valence-electron chi connectivity index (χ0n) is 12.5. The minimum atomic E-state index is -0.460. The molecule has 22 heavy (non-hydrogen) atoms. The van der Waals surface area contributed by atoms with Crippen molar-refractivity contribution in [1.82, 2.24) is 9.80 Å². The lowest BCUT2D eigenvalue weighted by Gasteiger charge is -2.36. The Hall–Kier alpha value is -1.50. The van der Waals surface area contributed by atoms with Gasteiger partial charge < -0.3 is 14.4 Å². The van der Waals surface area contributed by atoms with Crippen LogP contribution < -0.4 is 0 Å². The van der Waals surface area contributed by atoms with Crippen LogP contribution in [-0.2, 0) is 20.8 Å². The van der Waals surface area contributed by atoms with Crippen molar-refractivity contribution in [2.45, 2.75) is 12.6 Å². The van der Waals surface area contributed by atoms with Gasteiger partial charge in [-0.1, -0.05) is 18.2 Å². The number of benzene rings is 1. The minimum absolute atomic E-state index is 0.0153. The third kappa shape index (κ3) is 3.63. The zero-order valence-corrected chi connectivity index (χ0v) is 12.5. The normalized spacial score (nSPS) is 23.5. The predicted molar refractivity (Wildman–Crippen MR) is 78.8 cm³/mol. The van der Waals surface area contributed by atoms with Gasteiger partial charge in [0.25, 0.3) is 5.91 Å². The maximum absolute atomic E-state index is 13.7. The summed E-state index contributed by atoms with van der Waals surface area (Å²) in [6.07, 6.45) is -0.460. The van der Waals surface area contributed by atoms with E-state index in [4.69, 9.17) is 9.47 Å². The van der Waals surface area contributed by atoms with Crippen molar-refractivity contribution >= 4 is 5.91 Å². The van der Waals surface area contributed by atoms with Gasteiger partial charge in [0.1, 0.15) is 11.9 Å². The lowest BCUT2D eigenvalue weighted by Crippen LogP contribution is -2.53. The molecular weight excluding hydrogens is 287 g/mol. The predicted octanol–water partition coefficient (Wildman–Crippen LogP) is 0.885. The summed E-state index contributed by atoms with van der Waals surface area (Å²) in [4.78, 5) is 16.3. The van der Waals surface area contributed by atoms with Crippen LogP contribution in [0.2, 0.25) is 0 Å². The molecule has 0 aliphatic carbocycles. The Morgan fingerprint density at radius 2 is 1.95 bits per heavy atom. The molecule has 0 saturated carbocycles. The standard InChI is InChI=1S/C16H21FN2O3/c17-14-4-2-1-3-13(14)11-18-5-10-22-15(12-18)16(20)19-6-8-21-9-7-19/h1-4,15H,5-12H2. The molecule has 1 unspecified atom stereocenters. The molecule has 2 fully saturated rings. The van der Waals surface area contributed by atoms with Crippen molar-refractivity contribution in [2.24, 2.45) is 0 Å². The molecule has 5 nitrogen and oxygen atoms in total. The van der Waals surface area contributed by atoms with Crippen LogP contribution in [0.3, 0.4) is 0 Å². The Balaban J connectivity index is 1.59. The fourth-order valence-electron chi connectivity index (χ4n) is 2.85. The van der Waals surface area contributed by atoms with Gasteiger partial charge in [0, 0.05) is 38.3 Å². The third-order valence-electron chi connectivity index (χ3n) is 4.10. The fourth-order valence-corrected chi connectivity index (χ4v) is 2.85. The number of hydrogen-bond acceptors (Lipinski definition) is 4. The van der Waals surface area contributed by atoms with Crippen LogP contribution in [-0.4, -0.2) is 67.8 Å². The first-order chi connectivity index (χ1) is 10.7. The number of ether oxygens (including phenoxy) is 2. The molecule has 0 spiro atoms. The SMILES string of the molecule is O=C(C1CN(Cc2ccccc2F)CCO1)N1CCOCC1. The van der Waals surface area contributed by atoms with Crippen LogP contribution in [0.1, 0.15) is 5.56 Å². The highest BCUT2D eigenvalue weighted by Crippen LogP contribution is 2.15. The molecule has 1 amide bonds. The number of carbonyl (C=O) groups excluding carboxylic acids is 1. The average molecular weight is 308 g/mol. The van der Waals surface area contributed by atoms with Gasteiger partial charge in [-0.25, -0.2) is 4.39 Å². The number of morpholine rings is 2. The van der Waals surface area contributed by atoms with E-state index < -0.39 is 6.10 Å². The lowest BCUT2D eigenvalue weighted by molar-refractivity contribution is -0.153. The number of nitrogens with zero attached hydrogens (tertiary/aromatic N) is 2. The smallest absolute Gasteiger partial charge is 0.253 e. The van der Waals surface area contributed by atoms with E-state index in [9.17, 15) is 9.18 Å². The molecule has 0 radical (unpaired) electrons. The van der Waals surface area contributed by atoms with Gasteiger partial charge >= 0.3 is 0 Å². The van der Waals surface area contributed by atoms with E-state index in [1.165, 1.54) is 6.07 Å². The van der Waals surface area contributed by atoms with Crippen molar-refractivity contribution in [3.05, 3.63) is 35.6 Å². The minimum Gasteiger partial charge on any atom is -0.378 e. The van der Waals surface area contributed by atoms with Gasteiger partial charge in [-0.2, -0.15) is 0 Å². The summed E-state index contributed by atoms with van der Waals surface area (Å²) in [5, 5.41) is 0. The second-order valence-electron chi connectivity index (χ2n) is 5.62. The van der Waals surface area contributed by atoms with Crippen molar-refractivity contribution in [3.8, 4) is 0 Å². The molecule has 3 rings (SSSR count). The largest absolute Gasteiger partial charge is 0.378 e. The Morgan fingerprint density at radius 3 is 2.73 bits per heavy atom. The van der Waals surface area contributed by atoms with Crippen molar-refractivity contribution < 1.29 is 18.7 Å². The van der Waals surface area contributed by atoms with Gasteiger partial charge in [0.2, 0.25) is 0 Å². The molecule has 2 saturated heterocycles. The average Bonchev–Trinajstić information content (AvgIpc) is 2.57. The summed E-state index contributed by atoms with van der Waals surface area (Å²) in [5.74, 6) is -0.188. The highest BCUT2D eigenvalue weighted by molar-refractivity contribution is 5.81. The second kappa shape index (κ2) is 7.17. The summed E-state index contributed by atoms with van der Waals surface area (Å²) < 4.78 is 24.6. The van der Waals surface area contributed by atoms with Gasteiger partial charge in [0.05, 0.1) is 19.8 Å². The lowest BCUT2D eigenvalue weighted by atomic mass is 10.1. The molecular formula is C16H21FN2O3. The molecule has 6 heteroatoms. The fraction of sp³-hybridized carbons (Fsp3) is 0.562. The molecule has 1 aromatic carbocycles.